The molecule has 1 amide bonds. The number of benzene rings is 1. The maximum Gasteiger partial charge on any atom is 0.291 e. The van der Waals surface area contributed by atoms with Gasteiger partial charge in [-0.2, -0.15) is 0 Å². The number of hydrogen-bond donors (Lipinski definition) is 2. The molecule has 6 nitrogen and oxygen atoms in total. The third-order valence-electron chi connectivity index (χ3n) is 3.66. The van der Waals surface area contributed by atoms with Gasteiger partial charge in [-0.05, 0) is 46.9 Å². The summed E-state index contributed by atoms with van der Waals surface area (Å²) >= 11 is 2.02. The number of anilines is 2. The molecule has 0 aliphatic rings. The van der Waals surface area contributed by atoms with Gasteiger partial charge in [0.25, 0.3) is 5.91 Å². The number of rotatable bonds is 5. The molecule has 3 aromatic rings. The smallest absolute Gasteiger partial charge is 0.291 e. The molecule has 0 spiro atoms. The molecule has 0 aliphatic carbocycles. The summed E-state index contributed by atoms with van der Waals surface area (Å²) in [5.41, 5.74) is 1.04. The largest absolute Gasteiger partial charge is 0.448 e. The van der Waals surface area contributed by atoms with E-state index < -0.39 is 11.7 Å². The van der Waals surface area contributed by atoms with E-state index in [1.165, 1.54) is 11.0 Å². The monoisotopic (exact) mass is 455 g/mol. The maximum absolute atomic E-state index is 14.2. The number of carbonyl (C=O) groups is 1. The van der Waals surface area contributed by atoms with Crippen molar-refractivity contribution in [3.05, 3.63) is 51.8 Å². The molecule has 0 saturated heterocycles. The SMILES string of the molecule is CN(CCO)C(=O)c1oc2ccncc2c1Nc1ccc(I)cc1F. The molecule has 8 heteroatoms. The molecule has 0 atom stereocenters. The zero-order valence-electron chi connectivity index (χ0n) is 13.3. The number of nitrogens with one attached hydrogen (secondary N) is 1. The van der Waals surface area contributed by atoms with Crippen molar-refractivity contribution in [2.75, 3.05) is 25.5 Å². The summed E-state index contributed by atoms with van der Waals surface area (Å²) in [6.45, 7) is -0.00992. The Kier molecular flexibility index (Phi) is 5.19. The summed E-state index contributed by atoms with van der Waals surface area (Å²) in [6, 6.07) is 6.38. The predicted molar refractivity (Wildman–Crippen MR) is 100 cm³/mol. The van der Waals surface area contributed by atoms with E-state index in [1.54, 1.807) is 37.6 Å². The van der Waals surface area contributed by atoms with E-state index in [1.807, 2.05) is 22.6 Å². The normalized spacial score (nSPS) is 10.9. The molecule has 25 heavy (non-hydrogen) atoms. The van der Waals surface area contributed by atoms with Crippen molar-refractivity contribution in [2.24, 2.45) is 0 Å². The minimum atomic E-state index is -0.438. The van der Waals surface area contributed by atoms with Gasteiger partial charge in [0.2, 0.25) is 5.76 Å². The third kappa shape index (κ3) is 3.59. The highest BCUT2D eigenvalue weighted by molar-refractivity contribution is 14.1. The van der Waals surface area contributed by atoms with Gasteiger partial charge in [-0.1, -0.05) is 0 Å². The van der Waals surface area contributed by atoms with Crippen molar-refractivity contribution >= 4 is 50.8 Å². The lowest BCUT2D eigenvalue weighted by atomic mass is 10.2. The van der Waals surface area contributed by atoms with E-state index in [4.69, 9.17) is 9.52 Å². The molecule has 3 rings (SSSR count). The Bertz CT molecular complexity index is 929. The quantitative estimate of drug-likeness (QED) is 0.577. The average molecular weight is 455 g/mol. The van der Waals surface area contributed by atoms with Crippen LogP contribution in [0.15, 0.2) is 41.1 Å². The Morgan fingerprint density at radius 1 is 1.44 bits per heavy atom. The number of carbonyl (C=O) groups excluding carboxylic acids is 1. The van der Waals surface area contributed by atoms with Crippen LogP contribution >= 0.6 is 22.6 Å². The highest BCUT2D eigenvalue weighted by atomic mass is 127. The van der Waals surface area contributed by atoms with Crippen molar-refractivity contribution in [1.29, 1.82) is 0 Å². The predicted octanol–water partition coefficient (Wildman–Crippen LogP) is 3.38. The van der Waals surface area contributed by atoms with Crippen molar-refractivity contribution < 1.29 is 18.7 Å². The first-order valence-electron chi connectivity index (χ1n) is 7.46. The number of pyridine rings is 1. The van der Waals surface area contributed by atoms with Gasteiger partial charge in [0.1, 0.15) is 17.1 Å². The zero-order chi connectivity index (χ0) is 18.0. The topological polar surface area (TPSA) is 78.6 Å². The van der Waals surface area contributed by atoms with Gasteiger partial charge in [-0.25, -0.2) is 4.39 Å². The van der Waals surface area contributed by atoms with Gasteiger partial charge < -0.3 is 19.7 Å². The standard InChI is InChI=1S/C17H15FIN3O3/c1-22(6-7-23)17(24)16-15(11-9-20-5-4-14(11)25-16)21-13-3-2-10(19)8-12(13)18/h2-5,8-9,21,23H,6-7H2,1H3. The summed E-state index contributed by atoms with van der Waals surface area (Å²) in [4.78, 5) is 18.0. The van der Waals surface area contributed by atoms with Crippen LogP contribution in [-0.2, 0) is 0 Å². The van der Waals surface area contributed by atoms with Crippen LogP contribution in [0.25, 0.3) is 11.0 Å². The highest BCUT2D eigenvalue weighted by Crippen LogP contribution is 2.34. The maximum atomic E-state index is 14.2. The number of furan rings is 1. The number of likely N-dealkylation sites (N-methyl/N-ethyl adjacent to an activating group) is 1. The molecule has 0 radical (unpaired) electrons. The van der Waals surface area contributed by atoms with Crippen molar-refractivity contribution in [1.82, 2.24) is 9.88 Å². The number of nitrogens with zero attached hydrogens (tertiary/aromatic N) is 2. The Hall–Kier alpha value is -2.20. The number of amides is 1. The lowest BCUT2D eigenvalue weighted by Gasteiger charge is -2.15. The molecule has 0 bridgehead atoms. The fourth-order valence-corrected chi connectivity index (χ4v) is 2.82. The Balaban J connectivity index is 2.08. The van der Waals surface area contributed by atoms with Crippen LogP contribution in [0.1, 0.15) is 10.6 Å². The molecule has 0 aliphatic heterocycles. The molecule has 1 aromatic carbocycles. The van der Waals surface area contributed by atoms with Gasteiger partial charge in [0.15, 0.2) is 0 Å². The van der Waals surface area contributed by atoms with E-state index in [9.17, 15) is 9.18 Å². The van der Waals surface area contributed by atoms with Crippen LogP contribution in [0.3, 0.4) is 0 Å². The summed E-state index contributed by atoms with van der Waals surface area (Å²) in [7, 11) is 1.55. The molecule has 2 N–H and O–H groups in total. The first-order valence-corrected chi connectivity index (χ1v) is 8.54. The molecule has 2 aromatic heterocycles. The minimum absolute atomic E-state index is 0.0388. The van der Waals surface area contributed by atoms with Gasteiger partial charge in [0, 0.05) is 29.6 Å². The van der Waals surface area contributed by atoms with Crippen LogP contribution in [0.5, 0.6) is 0 Å². The van der Waals surface area contributed by atoms with Crippen molar-refractivity contribution in [2.45, 2.75) is 0 Å². The number of aromatic nitrogens is 1. The van der Waals surface area contributed by atoms with E-state index in [0.717, 1.165) is 3.57 Å². The number of halogens is 2. The minimum Gasteiger partial charge on any atom is -0.448 e. The van der Waals surface area contributed by atoms with Gasteiger partial charge in [-0.15, -0.1) is 0 Å². The Morgan fingerprint density at radius 3 is 2.96 bits per heavy atom. The zero-order valence-corrected chi connectivity index (χ0v) is 15.4. The molecular weight excluding hydrogens is 440 g/mol. The van der Waals surface area contributed by atoms with Gasteiger partial charge in [0.05, 0.1) is 17.7 Å². The van der Waals surface area contributed by atoms with Crippen LogP contribution in [0, 0.1) is 9.39 Å². The second-order valence-corrected chi connectivity index (χ2v) is 6.62. The lowest BCUT2D eigenvalue weighted by Crippen LogP contribution is -2.29. The Morgan fingerprint density at radius 2 is 2.24 bits per heavy atom. The summed E-state index contributed by atoms with van der Waals surface area (Å²) in [6.07, 6.45) is 3.10. The third-order valence-corrected chi connectivity index (χ3v) is 4.33. The lowest BCUT2D eigenvalue weighted by molar-refractivity contribution is 0.0739. The van der Waals surface area contributed by atoms with Crippen LogP contribution < -0.4 is 5.32 Å². The van der Waals surface area contributed by atoms with Crippen molar-refractivity contribution in [3.63, 3.8) is 0 Å². The Labute approximate surface area is 156 Å². The van der Waals surface area contributed by atoms with Gasteiger partial charge in [-0.3, -0.25) is 9.78 Å². The average Bonchev–Trinajstić information content (AvgIpc) is 2.95. The molecular formula is C17H15FIN3O3. The van der Waals surface area contributed by atoms with Crippen LogP contribution in [-0.4, -0.2) is 41.1 Å². The second kappa shape index (κ2) is 7.36. The second-order valence-electron chi connectivity index (χ2n) is 5.38. The number of fused-ring (bicyclic) bond motifs is 1. The molecule has 0 unspecified atom stereocenters. The summed E-state index contributed by atoms with van der Waals surface area (Å²) in [5.74, 6) is -0.817. The van der Waals surface area contributed by atoms with Gasteiger partial charge >= 0.3 is 0 Å². The highest BCUT2D eigenvalue weighted by Gasteiger charge is 2.24. The van der Waals surface area contributed by atoms with E-state index in [-0.39, 0.29) is 24.6 Å². The number of aliphatic hydroxyl groups excluding tert-OH is 1. The molecule has 2 heterocycles. The fraction of sp³-hybridized carbons (Fsp3) is 0.176. The first kappa shape index (κ1) is 17.6. The molecule has 130 valence electrons. The summed E-state index contributed by atoms with van der Waals surface area (Å²) < 4.78 is 20.6. The van der Waals surface area contributed by atoms with Crippen LogP contribution in [0.2, 0.25) is 0 Å². The molecule has 0 fully saturated rings. The van der Waals surface area contributed by atoms with E-state index in [2.05, 4.69) is 10.3 Å². The summed E-state index contributed by atoms with van der Waals surface area (Å²) in [5, 5.41) is 12.6. The molecule has 0 saturated carbocycles. The van der Waals surface area contributed by atoms with Crippen molar-refractivity contribution in [3.8, 4) is 0 Å². The van der Waals surface area contributed by atoms with E-state index in [0.29, 0.717) is 16.7 Å². The number of aliphatic hydroxyl groups is 1. The fourth-order valence-electron chi connectivity index (χ4n) is 2.37. The number of hydrogen-bond acceptors (Lipinski definition) is 5. The van der Waals surface area contributed by atoms with E-state index >= 15 is 0 Å². The first-order chi connectivity index (χ1) is 12.0. The van der Waals surface area contributed by atoms with Crippen LogP contribution in [0.4, 0.5) is 15.8 Å².